The van der Waals surface area contributed by atoms with Gasteiger partial charge in [-0.3, -0.25) is 0 Å². The molecule has 0 unspecified atom stereocenters. The van der Waals surface area contributed by atoms with E-state index in [9.17, 15) is 0 Å². The Balaban J connectivity index is 0.000001000. The van der Waals surface area contributed by atoms with Crippen molar-refractivity contribution in [1.29, 1.82) is 0 Å². The molecule has 0 saturated heterocycles. The van der Waals surface area contributed by atoms with Gasteiger partial charge >= 0.3 is 126 Å². The fourth-order valence-corrected chi connectivity index (χ4v) is 4.35. The van der Waals surface area contributed by atoms with Gasteiger partial charge in [-0.15, -0.1) is 0 Å². The summed E-state index contributed by atoms with van der Waals surface area (Å²) >= 11 is 1.62. The molecule has 0 bridgehead atoms. The van der Waals surface area contributed by atoms with Gasteiger partial charge in [0.1, 0.15) is 0 Å². The van der Waals surface area contributed by atoms with Crippen molar-refractivity contribution in [1.82, 2.24) is 0 Å². The second kappa shape index (κ2) is 8.77. The van der Waals surface area contributed by atoms with Gasteiger partial charge < -0.3 is 24.8 Å². The van der Waals surface area contributed by atoms with Crippen molar-refractivity contribution in [3.05, 3.63) is 43.8 Å². The molecule has 0 N–H and O–H groups in total. The third-order valence-electron chi connectivity index (χ3n) is 4.33. The van der Waals surface area contributed by atoms with Crippen LogP contribution in [0.3, 0.4) is 0 Å². The summed E-state index contributed by atoms with van der Waals surface area (Å²) in [6.07, 6.45) is 19.5. The Morgan fingerprint density at radius 1 is 0.750 bits per heavy atom. The molecule has 0 heterocycles. The van der Waals surface area contributed by atoms with Crippen LogP contribution in [0.4, 0.5) is 0 Å². The summed E-state index contributed by atoms with van der Waals surface area (Å²) in [5.74, 6) is 0. The van der Waals surface area contributed by atoms with E-state index in [0.717, 1.165) is 0 Å². The molecule has 0 saturated carbocycles. The predicted octanol–water partition coefficient (Wildman–Crippen LogP) is -0.874. The molecule has 0 aliphatic heterocycles. The molecule has 0 fully saturated rings. The van der Waals surface area contributed by atoms with E-state index < -0.39 is 0 Å². The van der Waals surface area contributed by atoms with Crippen molar-refractivity contribution in [2.45, 2.75) is 57.8 Å². The number of hydrogen-bond acceptors (Lipinski definition) is 0. The molecule has 3 aliphatic rings. The van der Waals surface area contributed by atoms with Gasteiger partial charge in [0.2, 0.25) is 0 Å². The Bertz CT molecular complexity index is 469. The summed E-state index contributed by atoms with van der Waals surface area (Å²) in [5, 5.41) is 0. The van der Waals surface area contributed by atoms with Gasteiger partial charge in [-0.25, -0.2) is 0 Å². The zero-order chi connectivity index (χ0) is 12.4. The van der Waals surface area contributed by atoms with E-state index in [-0.39, 0.29) is 24.8 Å². The molecule has 0 atom stereocenters. The normalized spacial score (nSPS) is 22.4. The maximum absolute atomic E-state index is 2.52. The van der Waals surface area contributed by atoms with Crippen molar-refractivity contribution in [3.63, 3.8) is 0 Å². The average Bonchev–Trinajstić information content (AvgIpc) is 2.83. The van der Waals surface area contributed by atoms with E-state index in [1.807, 2.05) is 0 Å². The molecule has 3 rings (SSSR count). The summed E-state index contributed by atoms with van der Waals surface area (Å²) < 4.78 is 1.69. The van der Waals surface area contributed by atoms with E-state index in [4.69, 9.17) is 0 Å². The molecule has 0 aromatic heterocycles. The first kappa shape index (κ1) is 18.5. The molecule has 0 radical (unpaired) electrons. The van der Waals surface area contributed by atoms with Crippen molar-refractivity contribution in [2.75, 3.05) is 0 Å². The summed E-state index contributed by atoms with van der Waals surface area (Å²) in [4.78, 5) is 0. The van der Waals surface area contributed by atoms with Crippen LogP contribution in [0.25, 0.3) is 0 Å². The molecule has 0 spiro atoms. The molecule has 0 aromatic carbocycles. The molecule has 3 heteroatoms. The molecular formula is C17H21Cl2Zr. The molecule has 0 amide bonds. The number of hydrogen-bond donors (Lipinski definition) is 0. The van der Waals surface area contributed by atoms with Crippen molar-refractivity contribution in [2.24, 2.45) is 0 Å². The van der Waals surface area contributed by atoms with Crippen LogP contribution in [0, 0.1) is 0 Å². The Kier molecular flexibility index (Phi) is 8.10. The van der Waals surface area contributed by atoms with E-state index in [1.165, 1.54) is 57.8 Å². The first-order chi connectivity index (χ1) is 8.86. The molecular weight excluding hydrogens is 366 g/mol. The van der Waals surface area contributed by atoms with Crippen LogP contribution in [-0.4, -0.2) is 0 Å². The van der Waals surface area contributed by atoms with Gasteiger partial charge in [-0.1, -0.05) is 0 Å². The van der Waals surface area contributed by atoms with Gasteiger partial charge in [-0.2, -0.15) is 0 Å². The Hall–Kier alpha value is 0.423. The standard InChI is InChI=1S/C17H21.2ClH.Zr/c1-3-8-14(9-4-1)16-12-7-13-17(16)15-10-5-2-6-11-15;;;/h8,10,12H,1-7,9,11H2;2*1H;/q;;;+2/p-2. The summed E-state index contributed by atoms with van der Waals surface area (Å²) in [6, 6.07) is 0. The van der Waals surface area contributed by atoms with Crippen LogP contribution in [-0.2, 0) is 24.7 Å². The van der Waals surface area contributed by atoms with Crippen LogP contribution < -0.4 is 24.8 Å². The van der Waals surface area contributed by atoms with Crippen LogP contribution in [0.2, 0.25) is 0 Å². The molecule has 20 heavy (non-hydrogen) atoms. The third-order valence-corrected chi connectivity index (χ3v) is 5.45. The number of halogens is 2. The molecule has 0 aromatic rings. The van der Waals surface area contributed by atoms with E-state index in [2.05, 4.69) is 18.2 Å². The number of allylic oxidation sites excluding steroid dienone is 8. The molecule has 3 aliphatic carbocycles. The first-order valence-electron chi connectivity index (χ1n) is 7.40. The van der Waals surface area contributed by atoms with Gasteiger partial charge in [0.25, 0.3) is 0 Å². The zero-order valence-corrected chi connectivity index (χ0v) is 15.8. The monoisotopic (exact) mass is 385 g/mol. The van der Waals surface area contributed by atoms with Crippen LogP contribution in [0.1, 0.15) is 57.8 Å². The number of rotatable bonds is 2. The predicted molar refractivity (Wildman–Crippen MR) is 72.8 cm³/mol. The zero-order valence-electron chi connectivity index (χ0n) is 11.9. The first-order valence-corrected chi connectivity index (χ1v) is 8.63. The van der Waals surface area contributed by atoms with Crippen LogP contribution in [0.5, 0.6) is 0 Å². The minimum atomic E-state index is 0. The molecule has 107 valence electrons. The Morgan fingerprint density at radius 2 is 1.35 bits per heavy atom. The fraction of sp³-hybridized carbons (Fsp3) is 0.529. The Labute approximate surface area is 150 Å². The van der Waals surface area contributed by atoms with Gasteiger partial charge in [0.15, 0.2) is 0 Å². The van der Waals surface area contributed by atoms with Crippen LogP contribution >= 0.6 is 0 Å². The van der Waals surface area contributed by atoms with Crippen molar-refractivity contribution >= 4 is 0 Å². The average molecular weight is 387 g/mol. The quantitative estimate of drug-likeness (QED) is 0.578. The third kappa shape index (κ3) is 3.99. The van der Waals surface area contributed by atoms with E-state index >= 15 is 0 Å². The summed E-state index contributed by atoms with van der Waals surface area (Å²) in [6.45, 7) is 0. The second-order valence-electron chi connectivity index (χ2n) is 5.63. The van der Waals surface area contributed by atoms with Crippen LogP contribution in [0.15, 0.2) is 43.8 Å². The SMILES string of the molecule is [Cl-].[Cl-].[Zr+2][C]1=C(C2=CCCCC2)C(C2=CCCCC2)=CC1. The molecule has 0 nitrogen and oxygen atoms in total. The fourth-order valence-electron chi connectivity index (χ4n) is 3.38. The van der Waals surface area contributed by atoms with Crippen molar-refractivity contribution < 1.29 is 49.5 Å². The van der Waals surface area contributed by atoms with E-state index in [0.29, 0.717) is 0 Å². The van der Waals surface area contributed by atoms with Gasteiger partial charge in [0, 0.05) is 0 Å². The summed E-state index contributed by atoms with van der Waals surface area (Å²) in [7, 11) is 0. The Morgan fingerprint density at radius 3 is 1.90 bits per heavy atom. The second-order valence-corrected chi connectivity index (χ2v) is 7.11. The maximum atomic E-state index is 2.52. The summed E-state index contributed by atoms with van der Waals surface area (Å²) in [5.41, 5.74) is 6.61. The van der Waals surface area contributed by atoms with Gasteiger partial charge in [0.05, 0.1) is 0 Å². The minimum absolute atomic E-state index is 0. The topological polar surface area (TPSA) is 0 Å². The van der Waals surface area contributed by atoms with E-state index in [1.54, 1.807) is 50.3 Å². The van der Waals surface area contributed by atoms with Crippen molar-refractivity contribution in [3.8, 4) is 0 Å². The van der Waals surface area contributed by atoms with Gasteiger partial charge in [-0.05, 0) is 0 Å².